The SMILES string of the molecule is C=CN=C/C=C(\C)c1nc2cc(C(F)(F)F)ccc2o1. The molecular formula is C14H11F3N2O. The highest BCUT2D eigenvalue weighted by Gasteiger charge is 2.31. The number of aromatic nitrogens is 1. The van der Waals surface area contributed by atoms with Gasteiger partial charge in [0.15, 0.2) is 5.58 Å². The van der Waals surface area contributed by atoms with Gasteiger partial charge in [-0.15, -0.1) is 0 Å². The molecule has 0 spiro atoms. The summed E-state index contributed by atoms with van der Waals surface area (Å²) >= 11 is 0. The lowest BCUT2D eigenvalue weighted by Gasteiger charge is -2.04. The van der Waals surface area contributed by atoms with Crippen molar-refractivity contribution in [2.45, 2.75) is 13.1 Å². The fourth-order valence-electron chi connectivity index (χ4n) is 1.56. The maximum Gasteiger partial charge on any atom is 0.416 e. The topological polar surface area (TPSA) is 38.4 Å². The third-order valence-corrected chi connectivity index (χ3v) is 2.57. The molecule has 0 amide bonds. The quantitative estimate of drug-likeness (QED) is 0.778. The van der Waals surface area contributed by atoms with Gasteiger partial charge in [0.25, 0.3) is 0 Å². The van der Waals surface area contributed by atoms with E-state index in [1.165, 1.54) is 18.5 Å². The van der Waals surface area contributed by atoms with E-state index in [1.807, 2.05) is 0 Å². The van der Waals surface area contributed by atoms with Crippen molar-refractivity contribution in [3.05, 3.63) is 48.5 Å². The van der Waals surface area contributed by atoms with Gasteiger partial charge in [-0.1, -0.05) is 6.58 Å². The highest BCUT2D eigenvalue weighted by molar-refractivity contribution is 5.84. The molecule has 0 aliphatic heterocycles. The van der Waals surface area contributed by atoms with Gasteiger partial charge in [0.2, 0.25) is 5.89 Å². The first kappa shape index (κ1) is 14.0. The Hall–Kier alpha value is -2.37. The minimum absolute atomic E-state index is 0.170. The van der Waals surface area contributed by atoms with E-state index in [0.29, 0.717) is 11.2 Å². The molecule has 20 heavy (non-hydrogen) atoms. The Morgan fingerprint density at radius 2 is 2.15 bits per heavy atom. The predicted octanol–water partition coefficient (Wildman–Crippen LogP) is 4.46. The van der Waals surface area contributed by atoms with Crippen LogP contribution in [-0.4, -0.2) is 11.2 Å². The number of nitrogens with zero attached hydrogens (tertiary/aromatic N) is 2. The highest BCUT2D eigenvalue weighted by atomic mass is 19.4. The fourth-order valence-corrected chi connectivity index (χ4v) is 1.56. The van der Waals surface area contributed by atoms with Crippen LogP contribution in [0.2, 0.25) is 0 Å². The van der Waals surface area contributed by atoms with Crippen molar-refractivity contribution in [2.75, 3.05) is 0 Å². The zero-order valence-electron chi connectivity index (χ0n) is 10.6. The molecule has 1 aromatic carbocycles. The first-order valence-electron chi connectivity index (χ1n) is 5.71. The van der Waals surface area contributed by atoms with E-state index in [4.69, 9.17) is 4.42 Å². The van der Waals surface area contributed by atoms with Crippen molar-refractivity contribution in [1.29, 1.82) is 0 Å². The lowest BCUT2D eigenvalue weighted by atomic mass is 10.2. The summed E-state index contributed by atoms with van der Waals surface area (Å²) in [6.45, 7) is 5.15. The second-order valence-electron chi connectivity index (χ2n) is 4.03. The van der Waals surface area contributed by atoms with Gasteiger partial charge in [0, 0.05) is 18.0 Å². The van der Waals surface area contributed by atoms with Crippen molar-refractivity contribution >= 4 is 22.9 Å². The third kappa shape index (κ3) is 2.96. The predicted molar refractivity (Wildman–Crippen MR) is 71.4 cm³/mol. The maximum absolute atomic E-state index is 12.6. The molecule has 1 heterocycles. The number of fused-ring (bicyclic) bond motifs is 1. The standard InChI is InChI=1S/C14H11F3N2O/c1-3-18-7-6-9(2)13-19-11-8-10(14(15,16)17)4-5-12(11)20-13/h3-8H,1H2,2H3/b9-6+,18-7?. The number of hydrogen-bond donors (Lipinski definition) is 0. The van der Waals surface area contributed by atoms with Crippen LogP contribution in [0.4, 0.5) is 13.2 Å². The molecule has 0 atom stereocenters. The molecule has 0 N–H and O–H groups in total. The molecule has 0 fully saturated rings. The molecule has 3 nitrogen and oxygen atoms in total. The van der Waals surface area contributed by atoms with Gasteiger partial charge in [-0.25, -0.2) is 4.98 Å². The van der Waals surface area contributed by atoms with Crippen molar-refractivity contribution in [3.63, 3.8) is 0 Å². The molecule has 2 rings (SSSR count). The number of aliphatic imine (C=N–C) groups is 1. The van der Waals surface area contributed by atoms with Crippen LogP contribution in [0.3, 0.4) is 0 Å². The number of oxazole rings is 1. The molecule has 104 valence electrons. The first-order chi connectivity index (χ1) is 9.41. The van der Waals surface area contributed by atoms with E-state index in [1.54, 1.807) is 13.0 Å². The van der Waals surface area contributed by atoms with Crippen molar-refractivity contribution in [1.82, 2.24) is 4.98 Å². The van der Waals surface area contributed by atoms with Crippen LogP contribution in [0.1, 0.15) is 18.4 Å². The number of halogens is 3. The van der Waals surface area contributed by atoms with Crippen LogP contribution in [0, 0.1) is 0 Å². The van der Waals surface area contributed by atoms with E-state index in [2.05, 4.69) is 16.6 Å². The Balaban J connectivity index is 2.41. The van der Waals surface area contributed by atoms with Gasteiger partial charge in [0.1, 0.15) is 5.52 Å². The third-order valence-electron chi connectivity index (χ3n) is 2.57. The molecule has 0 saturated heterocycles. The number of rotatable bonds is 3. The van der Waals surface area contributed by atoms with Gasteiger partial charge in [-0.05, 0) is 31.2 Å². The summed E-state index contributed by atoms with van der Waals surface area (Å²) in [6.07, 6.45) is 0.107. The molecule has 1 aromatic heterocycles. The van der Waals surface area contributed by atoms with E-state index in [-0.39, 0.29) is 11.4 Å². The Kier molecular flexibility index (Phi) is 3.74. The van der Waals surface area contributed by atoms with E-state index >= 15 is 0 Å². The molecule has 0 radical (unpaired) electrons. The molecule has 0 saturated carbocycles. The summed E-state index contributed by atoms with van der Waals surface area (Å²) in [7, 11) is 0. The minimum atomic E-state index is -4.39. The van der Waals surface area contributed by atoms with Crippen molar-refractivity contribution in [2.24, 2.45) is 4.99 Å². The van der Waals surface area contributed by atoms with Gasteiger partial charge in [-0.2, -0.15) is 13.2 Å². The molecular weight excluding hydrogens is 269 g/mol. The monoisotopic (exact) mass is 280 g/mol. The zero-order valence-corrected chi connectivity index (χ0v) is 10.6. The summed E-state index contributed by atoms with van der Waals surface area (Å²) in [5.74, 6) is 0.259. The maximum atomic E-state index is 12.6. The average Bonchev–Trinajstić information content (AvgIpc) is 2.80. The first-order valence-corrected chi connectivity index (χ1v) is 5.71. The lowest BCUT2D eigenvalue weighted by Crippen LogP contribution is -2.03. The highest BCUT2D eigenvalue weighted by Crippen LogP contribution is 2.32. The summed E-state index contributed by atoms with van der Waals surface area (Å²) < 4.78 is 43.2. The van der Waals surface area contributed by atoms with E-state index in [0.717, 1.165) is 12.1 Å². The number of hydrogen-bond acceptors (Lipinski definition) is 3. The van der Waals surface area contributed by atoms with Gasteiger partial charge in [0.05, 0.1) is 5.56 Å². The summed E-state index contributed by atoms with van der Waals surface area (Å²) in [5.41, 5.74) is 0.379. The van der Waals surface area contributed by atoms with Crippen LogP contribution in [-0.2, 0) is 6.18 Å². The summed E-state index contributed by atoms with van der Waals surface area (Å²) in [6, 6.07) is 3.20. The van der Waals surface area contributed by atoms with Crippen LogP contribution in [0.25, 0.3) is 16.7 Å². The second-order valence-corrected chi connectivity index (χ2v) is 4.03. The fraction of sp³-hybridized carbons (Fsp3) is 0.143. The van der Waals surface area contributed by atoms with Crippen LogP contribution in [0.15, 0.2) is 46.5 Å². The van der Waals surface area contributed by atoms with Crippen LogP contribution in [0.5, 0.6) is 0 Å². The number of benzene rings is 1. The Morgan fingerprint density at radius 1 is 1.40 bits per heavy atom. The van der Waals surface area contributed by atoms with Crippen molar-refractivity contribution < 1.29 is 17.6 Å². The molecule has 6 heteroatoms. The second kappa shape index (κ2) is 5.32. The Labute approximate surface area is 113 Å². The summed E-state index contributed by atoms with van der Waals surface area (Å²) in [4.78, 5) is 7.82. The van der Waals surface area contributed by atoms with Crippen LogP contribution >= 0.6 is 0 Å². The van der Waals surface area contributed by atoms with E-state index < -0.39 is 11.7 Å². The lowest BCUT2D eigenvalue weighted by molar-refractivity contribution is -0.137. The molecule has 0 bridgehead atoms. The van der Waals surface area contributed by atoms with Gasteiger partial charge >= 0.3 is 6.18 Å². The molecule has 0 unspecified atom stereocenters. The van der Waals surface area contributed by atoms with Crippen molar-refractivity contribution in [3.8, 4) is 0 Å². The zero-order chi connectivity index (χ0) is 14.8. The minimum Gasteiger partial charge on any atom is -0.436 e. The average molecular weight is 280 g/mol. The van der Waals surface area contributed by atoms with Gasteiger partial charge < -0.3 is 4.42 Å². The summed E-state index contributed by atoms with van der Waals surface area (Å²) in [5, 5.41) is 0. The van der Waals surface area contributed by atoms with E-state index in [9.17, 15) is 13.2 Å². The normalized spacial score (nSPS) is 13.3. The molecule has 2 aromatic rings. The van der Waals surface area contributed by atoms with Gasteiger partial charge in [-0.3, -0.25) is 4.99 Å². The van der Waals surface area contributed by atoms with Crippen LogP contribution < -0.4 is 0 Å². The largest absolute Gasteiger partial charge is 0.436 e. The number of allylic oxidation sites excluding steroid dienone is 2. The Bertz CT molecular complexity index is 696. The number of alkyl halides is 3. The Morgan fingerprint density at radius 3 is 2.80 bits per heavy atom. The smallest absolute Gasteiger partial charge is 0.416 e. The molecule has 0 aliphatic rings. The molecule has 0 aliphatic carbocycles.